The van der Waals surface area contributed by atoms with E-state index in [0.29, 0.717) is 5.56 Å². The zero-order chi connectivity index (χ0) is 10.8. The molecule has 1 aromatic carbocycles. The van der Waals surface area contributed by atoms with Crippen molar-refractivity contribution in [3.8, 4) is 0 Å². The van der Waals surface area contributed by atoms with E-state index in [4.69, 9.17) is 12.2 Å². The molecule has 4 nitrogen and oxygen atoms in total. The highest BCUT2D eigenvalue weighted by molar-refractivity contribution is 7.80. The monoisotopic (exact) mass is 222 g/mol. The first-order valence-electron chi connectivity index (χ1n) is 4.53. The minimum atomic E-state index is -0.883. The minimum Gasteiger partial charge on any atom is -0.386 e. The molecule has 2 unspecified atom stereocenters. The van der Waals surface area contributed by atoms with Crippen LogP contribution < -0.4 is 10.6 Å². The van der Waals surface area contributed by atoms with Gasteiger partial charge in [-0.2, -0.15) is 0 Å². The summed E-state index contributed by atoms with van der Waals surface area (Å²) in [6, 6.07) is 8.30. The van der Waals surface area contributed by atoms with E-state index < -0.39 is 12.1 Å². The Labute approximate surface area is 92.3 Å². The quantitative estimate of drug-likeness (QED) is 0.621. The molecule has 1 aromatic rings. The maximum atomic E-state index is 11.4. The molecule has 78 valence electrons. The van der Waals surface area contributed by atoms with Crippen LogP contribution in [0.3, 0.4) is 0 Å². The Morgan fingerprint density at radius 1 is 1.33 bits per heavy atom. The number of thiocarbonyl (C=S) groups is 1. The maximum absolute atomic E-state index is 11.4. The van der Waals surface area contributed by atoms with Gasteiger partial charge in [-0.25, -0.2) is 0 Å². The first kappa shape index (κ1) is 10.1. The Hall–Kier alpha value is -1.46. The van der Waals surface area contributed by atoms with E-state index in [0.717, 1.165) is 0 Å². The van der Waals surface area contributed by atoms with Gasteiger partial charge in [-0.05, 0) is 17.8 Å². The topological polar surface area (TPSA) is 61.4 Å². The second-order valence-corrected chi connectivity index (χ2v) is 3.70. The molecule has 3 N–H and O–H groups in total. The zero-order valence-corrected chi connectivity index (χ0v) is 8.62. The molecule has 0 spiro atoms. The van der Waals surface area contributed by atoms with E-state index in [9.17, 15) is 9.90 Å². The van der Waals surface area contributed by atoms with Gasteiger partial charge in [0.25, 0.3) is 5.91 Å². The Kier molecular flexibility index (Phi) is 2.66. The van der Waals surface area contributed by atoms with Crippen molar-refractivity contribution in [2.75, 3.05) is 0 Å². The van der Waals surface area contributed by atoms with Crippen molar-refractivity contribution in [2.24, 2.45) is 0 Å². The molecular weight excluding hydrogens is 212 g/mol. The molecule has 1 saturated heterocycles. The predicted molar refractivity (Wildman–Crippen MR) is 59.1 cm³/mol. The van der Waals surface area contributed by atoms with Crippen LogP contribution in [-0.4, -0.2) is 22.2 Å². The van der Waals surface area contributed by atoms with E-state index in [1.165, 1.54) is 0 Å². The van der Waals surface area contributed by atoms with Gasteiger partial charge in [-0.3, -0.25) is 4.79 Å². The Morgan fingerprint density at radius 2 is 2.00 bits per heavy atom. The van der Waals surface area contributed by atoms with Crippen LogP contribution in [0.1, 0.15) is 11.7 Å². The summed E-state index contributed by atoms with van der Waals surface area (Å²) in [6.07, 6.45) is -0.883. The van der Waals surface area contributed by atoms with E-state index >= 15 is 0 Å². The van der Waals surface area contributed by atoms with Crippen molar-refractivity contribution in [3.05, 3.63) is 35.9 Å². The van der Waals surface area contributed by atoms with E-state index in [2.05, 4.69) is 10.6 Å². The first-order chi connectivity index (χ1) is 7.18. The molecule has 2 rings (SSSR count). The number of carbonyl (C=O) groups excluding carboxylic acids is 1. The summed E-state index contributed by atoms with van der Waals surface area (Å²) < 4.78 is 0. The van der Waals surface area contributed by atoms with Gasteiger partial charge in [-0.1, -0.05) is 30.3 Å². The lowest BCUT2D eigenvalue weighted by molar-refractivity contribution is -0.122. The van der Waals surface area contributed by atoms with E-state index in [-0.39, 0.29) is 11.0 Å². The highest BCUT2D eigenvalue weighted by Gasteiger charge is 2.34. The molecule has 5 heteroatoms. The minimum absolute atomic E-state index is 0.264. The number of amides is 1. The average molecular weight is 222 g/mol. The molecule has 0 bridgehead atoms. The Morgan fingerprint density at radius 3 is 2.53 bits per heavy atom. The fourth-order valence-corrected chi connectivity index (χ4v) is 1.73. The molecule has 0 radical (unpaired) electrons. The van der Waals surface area contributed by atoms with E-state index in [1.807, 2.05) is 18.2 Å². The number of benzene rings is 1. The standard InChI is InChI=1S/C10H10N2O2S/c13-8(6-4-2-1-3-5-6)7-9(14)12-10(15)11-7/h1-5,7-8,13H,(H2,11,12,14,15). The lowest BCUT2D eigenvalue weighted by atomic mass is 10.0. The second kappa shape index (κ2) is 3.96. The summed E-state index contributed by atoms with van der Waals surface area (Å²) in [6.45, 7) is 0. The predicted octanol–water partition coefficient (Wildman–Crippen LogP) is 0.0929. The largest absolute Gasteiger partial charge is 0.386 e. The molecule has 1 fully saturated rings. The highest BCUT2D eigenvalue weighted by Crippen LogP contribution is 2.18. The van der Waals surface area contributed by atoms with Gasteiger partial charge in [0, 0.05) is 0 Å². The Bertz CT molecular complexity index is 394. The van der Waals surface area contributed by atoms with Gasteiger partial charge in [0.1, 0.15) is 12.1 Å². The van der Waals surface area contributed by atoms with Crippen LogP contribution in [0.5, 0.6) is 0 Å². The van der Waals surface area contributed by atoms with Crippen LogP contribution in [-0.2, 0) is 4.79 Å². The molecule has 1 aliphatic rings. The SMILES string of the molecule is O=C1NC(=S)NC1C(O)c1ccccc1. The number of nitrogens with one attached hydrogen (secondary N) is 2. The van der Waals surface area contributed by atoms with Gasteiger partial charge >= 0.3 is 0 Å². The van der Waals surface area contributed by atoms with Crippen molar-refractivity contribution in [1.82, 2.24) is 10.6 Å². The molecule has 0 saturated carbocycles. The number of hydrogen-bond acceptors (Lipinski definition) is 3. The lowest BCUT2D eigenvalue weighted by Gasteiger charge is -2.15. The van der Waals surface area contributed by atoms with Crippen molar-refractivity contribution in [3.63, 3.8) is 0 Å². The molecule has 1 aliphatic heterocycles. The number of aliphatic hydroxyl groups excluding tert-OH is 1. The molecular formula is C10H10N2O2S. The van der Waals surface area contributed by atoms with Crippen molar-refractivity contribution >= 4 is 23.2 Å². The molecule has 1 heterocycles. The van der Waals surface area contributed by atoms with Crippen LogP contribution in [0.15, 0.2) is 30.3 Å². The third kappa shape index (κ3) is 1.98. The number of carbonyl (C=O) groups is 1. The average Bonchev–Trinajstić information content (AvgIpc) is 2.58. The van der Waals surface area contributed by atoms with Crippen LogP contribution in [0, 0.1) is 0 Å². The fraction of sp³-hybridized carbons (Fsp3) is 0.200. The summed E-state index contributed by atoms with van der Waals surface area (Å²) in [5.41, 5.74) is 0.690. The van der Waals surface area contributed by atoms with Crippen molar-refractivity contribution in [1.29, 1.82) is 0 Å². The first-order valence-corrected chi connectivity index (χ1v) is 4.93. The van der Waals surface area contributed by atoms with Crippen LogP contribution in [0.2, 0.25) is 0 Å². The second-order valence-electron chi connectivity index (χ2n) is 3.30. The molecule has 1 amide bonds. The molecule has 2 atom stereocenters. The normalized spacial score (nSPS) is 22.1. The summed E-state index contributed by atoms with van der Waals surface area (Å²) in [5.74, 6) is -0.295. The maximum Gasteiger partial charge on any atom is 0.251 e. The zero-order valence-electron chi connectivity index (χ0n) is 7.81. The van der Waals surface area contributed by atoms with Crippen LogP contribution in [0.4, 0.5) is 0 Å². The molecule has 15 heavy (non-hydrogen) atoms. The fourth-order valence-electron chi connectivity index (χ4n) is 1.50. The number of hydrogen-bond donors (Lipinski definition) is 3. The van der Waals surface area contributed by atoms with Gasteiger partial charge in [-0.15, -0.1) is 0 Å². The van der Waals surface area contributed by atoms with Crippen molar-refractivity contribution in [2.45, 2.75) is 12.1 Å². The summed E-state index contributed by atoms with van der Waals surface area (Å²) in [4.78, 5) is 11.4. The van der Waals surface area contributed by atoms with Gasteiger partial charge < -0.3 is 15.7 Å². The third-order valence-electron chi connectivity index (χ3n) is 2.26. The summed E-state index contributed by atoms with van der Waals surface area (Å²) in [7, 11) is 0. The summed E-state index contributed by atoms with van der Waals surface area (Å²) in [5, 5.41) is 15.4. The number of rotatable bonds is 2. The van der Waals surface area contributed by atoms with Gasteiger partial charge in [0.2, 0.25) is 0 Å². The molecule has 0 aliphatic carbocycles. The van der Waals surface area contributed by atoms with Crippen LogP contribution >= 0.6 is 12.2 Å². The van der Waals surface area contributed by atoms with E-state index in [1.54, 1.807) is 12.1 Å². The van der Waals surface area contributed by atoms with Crippen LogP contribution in [0.25, 0.3) is 0 Å². The third-order valence-corrected chi connectivity index (χ3v) is 2.48. The summed E-state index contributed by atoms with van der Waals surface area (Å²) >= 11 is 4.79. The smallest absolute Gasteiger partial charge is 0.251 e. The van der Waals surface area contributed by atoms with Gasteiger partial charge in [0.15, 0.2) is 5.11 Å². The van der Waals surface area contributed by atoms with Gasteiger partial charge in [0.05, 0.1) is 0 Å². The number of aliphatic hydroxyl groups is 1. The lowest BCUT2D eigenvalue weighted by Crippen LogP contribution is -2.35. The Balaban J connectivity index is 2.18. The van der Waals surface area contributed by atoms with Crippen molar-refractivity contribution < 1.29 is 9.90 Å². The highest BCUT2D eigenvalue weighted by atomic mass is 32.1. The molecule has 0 aromatic heterocycles.